The first-order chi connectivity index (χ1) is 11.2. The van der Waals surface area contributed by atoms with Gasteiger partial charge in [0.1, 0.15) is 0 Å². The van der Waals surface area contributed by atoms with Gasteiger partial charge in [-0.25, -0.2) is 0 Å². The summed E-state index contributed by atoms with van der Waals surface area (Å²) in [4.78, 5) is 23.6. The number of carbonyl (C=O) groups is 2. The van der Waals surface area contributed by atoms with Crippen molar-refractivity contribution in [2.45, 2.75) is 89.3 Å². The average Bonchev–Trinajstić information content (AvgIpc) is 2.89. The van der Waals surface area contributed by atoms with E-state index in [1.807, 2.05) is 0 Å². The SMILES string of the molecule is O=C1CCC(=O)N1[O][Al]([O]C1CCCCC1)[O]C1CCCCC1. The fraction of sp³-hybridized carbons (Fsp3) is 0.875. The maximum atomic E-state index is 11.8. The standard InChI is InChI=1S/2C6H11O.C4H4NO3.Al/c2*7-6-4-2-1-3-5-6;6-3-1-2-4(7)5(3)8;/h2*6H,1-5H2;1-2H2;/q3*-1;+3. The van der Waals surface area contributed by atoms with Gasteiger partial charge in [-0.05, 0) is 25.7 Å². The highest BCUT2D eigenvalue weighted by molar-refractivity contribution is 6.37. The highest BCUT2D eigenvalue weighted by Gasteiger charge is 2.44. The summed E-state index contributed by atoms with van der Waals surface area (Å²) in [5.41, 5.74) is 0. The fourth-order valence-electron chi connectivity index (χ4n) is 3.56. The van der Waals surface area contributed by atoms with Gasteiger partial charge in [0.15, 0.2) is 0 Å². The quantitative estimate of drug-likeness (QED) is 0.550. The van der Waals surface area contributed by atoms with E-state index in [9.17, 15) is 9.59 Å². The van der Waals surface area contributed by atoms with Crippen LogP contribution in [0.2, 0.25) is 0 Å². The minimum atomic E-state index is -2.53. The zero-order valence-corrected chi connectivity index (χ0v) is 14.9. The Bertz CT molecular complexity index is 385. The van der Waals surface area contributed by atoms with Crippen molar-refractivity contribution in [2.75, 3.05) is 0 Å². The molecule has 128 valence electrons. The van der Waals surface area contributed by atoms with Gasteiger partial charge in [-0.3, -0.25) is 9.59 Å². The molecular formula is C16H26AlNO5. The van der Waals surface area contributed by atoms with E-state index >= 15 is 0 Å². The molecule has 0 unspecified atom stereocenters. The van der Waals surface area contributed by atoms with Crippen LogP contribution in [0.4, 0.5) is 0 Å². The van der Waals surface area contributed by atoms with Crippen LogP contribution in [-0.2, 0) is 21.1 Å². The van der Waals surface area contributed by atoms with Crippen LogP contribution in [0.3, 0.4) is 0 Å². The predicted molar refractivity (Wildman–Crippen MR) is 83.8 cm³/mol. The Kier molecular flexibility index (Phi) is 6.49. The summed E-state index contributed by atoms with van der Waals surface area (Å²) in [5, 5.41) is 0.905. The molecule has 3 fully saturated rings. The van der Waals surface area contributed by atoms with Crippen molar-refractivity contribution in [2.24, 2.45) is 0 Å². The van der Waals surface area contributed by atoms with E-state index in [2.05, 4.69) is 0 Å². The zero-order valence-electron chi connectivity index (χ0n) is 13.7. The van der Waals surface area contributed by atoms with Crippen LogP contribution in [0.5, 0.6) is 0 Å². The lowest BCUT2D eigenvalue weighted by atomic mass is 9.98. The number of carbonyl (C=O) groups excluding carboxylic acids is 2. The van der Waals surface area contributed by atoms with Crippen molar-refractivity contribution < 1.29 is 21.1 Å². The molecule has 0 aromatic heterocycles. The van der Waals surface area contributed by atoms with E-state index in [0.29, 0.717) is 0 Å². The molecule has 2 saturated carbocycles. The van der Waals surface area contributed by atoms with Gasteiger partial charge in [-0.15, -0.1) is 0 Å². The van der Waals surface area contributed by atoms with Crippen LogP contribution in [0.1, 0.15) is 77.0 Å². The lowest BCUT2D eigenvalue weighted by molar-refractivity contribution is -0.175. The molecule has 0 radical (unpaired) electrons. The Hall–Kier alpha value is -0.448. The third-order valence-corrected chi connectivity index (χ3v) is 6.51. The first kappa shape index (κ1) is 17.4. The fourth-order valence-corrected chi connectivity index (χ4v) is 5.30. The van der Waals surface area contributed by atoms with Crippen molar-refractivity contribution >= 4 is 27.0 Å². The Morgan fingerprint density at radius 1 is 0.739 bits per heavy atom. The Labute approximate surface area is 142 Å². The number of amides is 2. The number of hydroxylamine groups is 2. The van der Waals surface area contributed by atoms with Gasteiger partial charge in [0.25, 0.3) is 11.8 Å². The van der Waals surface area contributed by atoms with Crippen molar-refractivity contribution in [3.8, 4) is 0 Å². The molecule has 2 aliphatic carbocycles. The first-order valence-electron chi connectivity index (χ1n) is 9.06. The molecule has 0 spiro atoms. The monoisotopic (exact) mass is 339 g/mol. The third kappa shape index (κ3) is 5.01. The molecule has 0 aromatic carbocycles. The zero-order chi connectivity index (χ0) is 16.1. The summed E-state index contributed by atoms with van der Waals surface area (Å²) in [6.45, 7) is 0. The van der Waals surface area contributed by atoms with E-state index < -0.39 is 15.1 Å². The van der Waals surface area contributed by atoms with E-state index in [4.69, 9.17) is 11.5 Å². The summed E-state index contributed by atoms with van der Waals surface area (Å²) in [7, 11) is 0. The van der Waals surface area contributed by atoms with Gasteiger partial charge in [0.2, 0.25) is 0 Å². The van der Waals surface area contributed by atoms with E-state index in [1.54, 1.807) is 0 Å². The number of hydrogen-bond donors (Lipinski definition) is 0. The predicted octanol–water partition coefficient (Wildman–Crippen LogP) is 2.75. The highest BCUT2D eigenvalue weighted by atomic mass is 27.3. The summed E-state index contributed by atoms with van der Waals surface area (Å²) >= 11 is -2.53. The normalized spacial score (nSPS) is 24.4. The third-order valence-electron chi connectivity index (χ3n) is 4.91. The summed E-state index contributed by atoms with van der Waals surface area (Å²) < 4.78 is 17.9. The van der Waals surface area contributed by atoms with Crippen LogP contribution in [0.25, 0.3) is 0 Å². The number of rotatable bonds is 6. The van der Waals surface area contributed by atoms with Gasteiger partial charge < -0.3 is 11.5 Å². The molecule has 7 heteroatoms. The summed E-state index contributed by atoms with van der Waals surface area (Å²) in [5.74, 6) is -0.543. The smallest absolute Gasteiger partial charge is 0.451 e. The molecular weight excluding hydrogens is 313 g/mol. The lowest BCUT2D eigenvalue weighted by Crippen LogP contribution is -2.44. The van der Waals surface area contributed by atoms with E-state index in [1.165, 1.54) is 12.8 Å². The molecule has 0 atom stereocenters. The minimum absolute atomic E-state index is 0.150. The molecule has 0 aromatic rings. The van der Waals surface area contributed by atoms with Crippen molar-refractivity contribution in [1.29, 1.82) is 0 Å². The molecule has 3 rings (SSSR count). The molecule has 1 aliphatic heterocycles. The Morgan fingerprint density at radius 3 is 1.61 bits per heavy atom. The lowest BCUT2D eigenvalue weighted by Gasteiger charge is -2.30. The van der Waals surface area contributed by atoms with Gasteiger partial charge in [-0.1, -0.05) is 38.5 Å². The maximum Gasteiger partial charge on any atom is 0.929 e. The van der Waals surface area contributed by atoms with Crippen LogP contribution in [0.15, 0.2) is 0 Å². The Morgan fingerprint density at radius 2 is 1.17 bits per heavy atom. The second-order valence-electron chi connectivity index (χ2n) is 6.77. The number of nitrogens with zero attached hydrogens (tertiary/aromatic N) is 1. The molecule has 0 bridgehead atoms. The van der Waals surface area contributed by atoms with Crippen molar-refractivity contribution in [1.82, 2.24) is 5.06 Å². The molecule has 1 saturated heterocycles. The first-order valence-corrected chi connectivity index (χ1v) is 10.5. The van der Waals surface area contributed by atoms with Crippen LogP contribution in [-0.4, -0.2) is 44.2 Å². The molecule has 23 heavy (non-hydrogen) atoms. The van der Waals surface area contributed by atoms with E-state index in [0.717, 1.165) is 56.4 Å². The molecule has 0 N–H and O–H groups in total. The highest BCUT2D eigenvalue weighted by Crippen LogP contribution is 2.25. The van der Waals surface area contributed by atoms with Crippen LogP contribution < -0.4 is 0 Å². The molecule has 3 aliphatic rings. The molecule has 6 nitrogen and oxygen atoms in total. The minimum Gasteiger partial charge on any atom is -0.451 e. The van der Waals surface area contributed by atoms with Gasteiger partial charge in [0.05, 0.1) is 0 Å². The van der Waals surface area contributed by atoms with Gasteiger partial charge in [-0.2, -0.15) is 5.06 Å². The van der Waals surface area contributed by atoms with E-state index in [-0.39, 0.29) is 36.9 Å². The number of hydrogen-bond acceptors (Lipinski definition) is 5. The topological polar surface area (TPSA) is 65.1 Å². The Balaban J connectivity index is 1.59. The second-order valence-corrected chi connectivity index (χ2v) is 8.10. The van der Waals surface area contributed by atoms with Crippen molar-refractivity contribution in [3.05, 3.63) is 0 Å². The average molecular weight is 339 g/mol. The second kappa shape index (κ2) is 8.59. The molecule has 1 heterocycles. The van der Waals surface area contributed by atoms with Crippen molar-refractivity contribution in [3.63, 3.8) is 0 Å². The summed E-state index contributed by atoms with van der Waals surface area (Å²) in [6.07, 6.45) is 12.0. The van der Waals surface area contributed by atoms with Crippen LogP contribution in [0, 0.1) is 0 Å². The number of imide groups is 1. The van der Waals surface area contributed by atoms with Gasteiger partial charge >= 0.3 is 15.1 Å². The van der Waals surface area contributed by atoms with Gasteiger partial charge in [0, 0.05) is 25.0 Å². The van der Waals surface area contributed by atoms with Crippen LogP contribution >= 0.6 is 0 Å². The largest absolute Gasteiger partial charge is 0.929 e. The molecule has 2 amide bonds. The maximum absolute atomic E-state index is 11.8. The summed E-state index contributed by atoms with van der Waals surface area (Å²) in [6, 6.07) is 0.